The summed E-state index contributed by atoms with van der Waals surface area (Å²) in [6.07, 6.45) is -1.38. The zero-order chi connectivity index (χ0) is 14.3. The van der Waals surface area contributed by atoms with Crippen LogP contribution in [0.3, 0.4) is 0 Å². The number of likely N-dealkylation sites (tertiary alicyclic amines) is 1. The molecule has 6 heteroatoms. The molecule has 1 aliphatic rings. The summed E-state index contributed by atoms with van der Waals surface area (Å²) < 4.78 is 6.10. The van der Waals surface area contributed by atoms with E-state index in [-0.39, 0.29) is 29.5 Å². The number of imide groups is 1. The number of hydrogen-bond donors (Lipinski definition) is 1. The van der Waals surface area contributed by atoms with Crippen LogP contribution in [0.25, 0.3) is 0 Å². The Balaban J connectivity index is 2.62. The van der Waals surface area contributed by atoms with Crippen molar-refractivity contribution >= 4 is 20.3 Å². The van der Waals surface area contributed by atoms with Crippen LogP contribution in [0.5, 0.6) is 0 Å². The summed E-state index contributed by atoms with van der Waals surface area (Å²) in [6, 6.07) is 0. The number of carboxylic acid groups (broad SMARTS) is 1. The molecule has 0 radical (unpaired) electrons. The lowest BCUT2D eigenvalue weighted by molar-refractivity contribution is -0.149. The summed E-state index contributed by atoms with van der Waals surface area (Å²) in [4.78, 5) is 23.2. The quantitative estimate of drug-likeness (QED) is 0.634. The maximum atomic E-state index is 11.7. The summed E-state index contributed by atoms with van der Waals surface area (Å²) in [5.74, 6) is -0.649. The molecule has 2 amide bonds. The topological polar surface area (TPSA) is 66.8 Å². The maximum absolute atomic E-state index is 11.7. The maximum Gasteiger partial charge on any atom is 0.414 e. The molecule has 1 saturated heterocycles. The Bertz CT molecular complexity index is 362. The number of hydrogen-bond acceptors (Lipinski definition) is 3. The highest BCUT2D eigenvalue weighted by Gasteiger charge is 2.47. The van der Waals surface area contributed by atoms with Gasteiger partial charge < -0.3 is 9.53 Å². The number of nitrogens with zero attached hydrogens (tertiary/aromatic N) is 1. The van der Waals surface area contributed by atoms with Crippen LogP contribution < -0.4 is 0 Å². The van der Waals surface area contributed by atoms with Crippen LogP contribution in [-0.4, -0.2) is 43.0 Å². The molecule has 104 valence electrons. The molecule has 1 fully saturated rings. The third kappa shape index (κ3) is 2.75. The summed E-state index contributed by atoms with van der Waals surface area (Å²) in [7, 11) is -1.91. The van der Waals surface area contributed by atoms with E-state index in [1.54, 1.807) is 0 Å². The summed E-state index contributed by atoms with van der Waals surface area (Å²) in [5.41, 5.74) is 0. The first-order valence-corrected chi connectivity index (χ1v) is 9.10. The van der Waals surface area contributed by atoms with Crippen molar-refractivity contribution in [3.63, 3.8) is 0 Å². The van der Waals surface area contributed by atoms with Crippen molar-refractivity contribution in [3.8, 4) is 0 Å². The second kappa shape index (κ2) is 4.66. The van der Waals surface area contributed by atoms with E-state index < -0.39 is 14.4 Å². The smallest absolute Gasteiger partial charge is 0.414 e. The fraction of sp³-hybridized carbons (Fsp3) is 0.833. The molecule has 0 aromatic rings. The van der Waals surface area contributed by atoms with Gasteiger partial charge in [-0.15, -0.1) is 0 Å². The highest BCUT2D eigenvalue weighted by molar-refractivity contribution is 6.74. The van der Waals surface area contributed by atoms with Crippen molar-refractivity contribution in [1.82, 2.24) is 4.90 Å². The van der Waals surface area contributed by atoms with Gasteiger partial charge in [-0.05, 0) is 25.1 Å². The first-order valence-electron chi connectivity index (χ1n) is 6.19. The molecule has 0 aliphatic carbocycles. The normalized spacial score (nSPS) is 22.7. The Kier molecular flexibility index (Phi) is 3.93. The number of carbonyl (C=O) groups is 2. The fourth-order valence-electron chi connectivity index (χ4n) is 1.70. The standard InChI is InChI=1S/C12H23NO4Si/c1-8(17-18(5,6)12(2,3)4)9-7-13(10(9)14)11(15)16/h8-9H,7H2,1-6H3,(H,15,16)/t8-,9+/m1/s1. The van der Waals surface area contributed by atoms with Crippen molar-refractivity contribution in [1.29, 1.82) is 0 Å². The second-order valence-electron chi connectivity index (χ2n) is 6.42. The van der Waals surface area contributed by atoms with Crippen LogP contribution in [0.4, 0.5) is 4.79 Å². The first-order chi connectivity index (χ1) is 7.97. The Morgan fingerprint density at radius 3 is 2.33 bits per heavy atom. The minimum Gasteiger partial charge on any atom is -0.465 e. The van der Waals surface area contributed by atoms with E-state index in [1.807, 2.05) is 6.92 Å². The predicted molar refractivity (Wildman–Crippen MR) is 71.0 cm³/mol. The highest BCUT2D eigenvalue weighted by atomic mass is 28.4. The predicted octanol–water partition coefficient (Wildman–Crippen LogP) is 2.53. The zero-order valence-corrected chi connectivity index (χ0v) is 13.0. The minimum atomic E-state index is -1.91. The van der Waals surface area contributed by atoms with Gasteiger partial charge >= 0.3 is 6.09 Å². The van der Waals surface area contributed by atoms with Gasteiger partial charge in [-0.1, -0.05) is 20.8 Å². The summed E-state index contributed by atoms with van der Waals surface area (Å²) >= 11 is 0. The average Bonchev–Trinajstić information content (AvgIpc) is 2.11. The van der Waals surface area contributed by atoms with Crippen LogP contribution in [0.15, 0.2) is 0 Å². The largest absolute Gasteiger partial charge is 0.465 e. The Labute approximate surface area is 109 Å². The zero-order valence-electron chi connectivity index (χ0n) is 12.0. The number of amides is 2. The van der Waals surface area contributed by atoms with Gasteiger partial charge in [-0.3, -0.25) is 4.79 Å². The van der Waals surface area contributed by atoms with Gasteiger partial charge in [0.25, 0.3) is 0 Å². The van der Waals surface area contributed by atoms with Gasteiger partial charge in [0.2, 0.25) is 5.91 Å². The molecule has 5 nitrogen and oxygen atoms in total. The molecule has 2 atom stereocenters. The van der Waals surface area contributed by atoms with Crippen molar-refractivity contribution in [2.24, 2.45) is 5.92 Å². The Hall–Kier alpha value is -0.883. The molecule has 0 saturated carbocycles. The van der Waals surface area contributed by atoms with E-state index in [4.69, 9.17) is 9.53 Å². The van der Waals surface area contributed by atoms with Crippen molar-refractivity contribution in [2.75, 3.05) is 6.54 Å². The lowest BCUT2D eigenvalue weighted by atomic mass is 9.94. The molecule has 0 spiro atoms. The van der Waals surface area contributed by atoms with E-state index >= 15 is 0 Å². The van der Waals surface area contributed by atoms with Gasteiger partial charge in [0.15, 0.2) is 8.32 Å². The third-order valence-electron chi connectivity index (χ3n) is 4.05. The van der Waals surface area contributed by atoms with Crippen molar-refractivity contribution in [2.45, 2.75) is 51.9 Å². The minimum absolute atomic E-state index is 0.0839. The molecule has 0 aromatic heterocycles. The molecular weight excluding hydrogens is 250 g/mol. The third-order valence-corrected chi connectivity index (χ3v) is 8.62. The lowest BCUT2D eigenvalue weighted by Gasteiger charge is -2.44. The Morgan fingerprint density at radius 1 is 1.50 bits per heavy atom. The lowest BCUT2D eigenvalue weighted by Crippen LogP contribution is -2.60. The molecule has 0 aromatic carbocycles. The van der Waals surface area contributed by atoms with Crippen molar-refractivity contribution < 1.29 is 19.1 Å². The Morgan fingerprint density at radius 2 is 2.00 bits per heavy atom. The molecule has 1 heterocycles. The van der Waals surface area contributed by atoms with Crippen molar-refractivity contribution in [3.05, 3.63) is 0 Å². The highest BCUT2D eigenvalue weighted by Crippen LogP contribution is 2.38. The summed E-state index contributed by atoms with van der Waals surface area (Å²) in [6.45, 7) is 12.8. The molecule has 0 unspecified atom stereocenters. The molecule has 0 bridgehead atoms. The molecular formula is C12H23NO4Si. The van der Waals surface area contributed by atoms with E-state index in [0.29, 0.717) is 0 Å². The first kappa shape index (κ1) is 15.2. The van der Waals surface area contributed by atoms with E-state index in [9.17, 15) is 9.59 Å². The van der Waals surface area contributed by atoms with Gasteiger partial charge in [0, 0.05) is 6.54 Å². The van der Waals surface area contributed by atoms with Crippen LogP contribution in [0.1, 0.15) is 27.7 Å². The van der Waals surface area contributed by atoms with Gasteiger partial charge in [0.05, 0.1) is 12.0 Å². The second-order valence-corrected chi connectivity index (χ2v) is 11.2. The molecule has 1 aliphatic heterocycles. The fourth-order valence-corrected chi connectivity index (χ4v) is 3.14. The number of rotatable bonds is 3. The number of carbonyl (C=O) groups excluding carboxylic acids is 1. The molecule has 1 rings (SSSR count). The summed E-state index contributed by atoms with van der Waals surface area (Å²) in [5, 5.41) is 8.82. The molecule has 18 heavy (non-hydrogen) atoms. The van der Waals surface area contributed by atoms with Crippen LogP contribution in [0.2, 0.25) is 18.1 Å². The SMILES string of the molecule is C[C@@H](O[Si](C)(C)C(C)(C)C)[C@@H]1CN(C(=O)O)C1=O. The molecule has 1 N–H and O–H groups in total. The van der Waals surface area contributed by atoms with E-state index in [2.05, 4.69) is 33.9 Å². The van der Waals surface area contributed by atoms with Crippen LogP contribution >= 0.6 is 0 Å². The van der Waals surface area contributed by atoms with E-state index in [0.717, 1.165) is 4.90 Å². The van der Waals surface area contributed by atoms with Gasteiger partial charge in [0.1, 0.15) is 0 Å². The average molecular weight is 273 g/mol. The number of β-lactam (4-membered cyclic amide) rings is 1. The monoisotopic (exact) mass is 273 g/mol. The van der Waals surface area contributed by atoms with Gasteiger partial charge in [-0.25, -0.2) is 9.69 Å². The van der Waals surface area contributed by atoms with E-state index in [1.165, 1.54) is 0 Å². The van der Waals surface area contributed by atoms with Crippen LogP contribution in [-0.2, 0) is 9.22 Å². The van der Waals surface area contributed by atoms with Gasteiger partial charge in [-0.2, -0.15) is 0 Å². The van der Waals surface area contributed by atoms with Crippen LogP contribution in [0, 0.1) is 5.92 Å².